The average molecular weight is 406 g/mol. The number of carbonyl (C=O) groups is 1. The molecule has 0 aliphatic carbocycles. The molecule has 3 rings (SSSR count). The van der Waals surface area contributed by atoms with E-state index < -0.39 is 5.54 Å². The maximum atomic E-state index is 12.5. The Kier molecular flexibility index (Phi) is 6.35. The normalized spacial score (nSPS) is 12.9. The van der Waals surface area contributed by atoms with Gasteiger partial charge in [-0.05, 0) is 25.0 Å². The number of benzene rings is 2. The van der Waals surface area contributed by atoms with Crippen molar-refractivity contribution in [3.8, 4) is 23.1 Å². The highest BCUT2D eigenvalue weighted by molar-refractivity contribution is 7.99. The minimum absolute atomic E-state index is 0.000829. The summed E-state index contributed by atoms with van der Waals surface area (Å²) < 4.78 is 1.94. The molecule has 1 N–H and O–H groups in total. The number of nitrogens with one attached hydrogen (secondary N) is 1. The summed E-state index contributed by atoms with van der Waals surface area (Å²) in [5, 5.41) is 21.6. The number of hydrogen-bond acceptors (Lipinski definition) is 5. The molecule has 1 heterocycles. The van der Waals surface area contributed by atoms with Crippen LogP contribution >= 0.6 is 11.8 Å². The quantitative estimate of drug-likeness (QED) is 0.599. The molecule has 0 unspecified atom stereocenters. The van der Waals surface area contributed by atoms with Crippen LogP contribution < -0.4 is 5.32 Å². The Hall–Kier alpha value is -3.11. The summed E-state index contributed by atoms with van der Waals surface area (Å²) in [5.41, 5.74) is 0.959. The van der Waals surface area contributed by atoms with Gasteiger partial charge in [0.2, 0.25) is 5.91 Å². The van der Waals surface area contributed by atoms with Crippen LogP contribution in [0.15, 0.2) is 65.8 Å². The third-order valence-corrected chi connectivity index (χ3v) is 5.73. The van der Waals surface area contributed by atoms with Gasteiger partial charge in [-0.1, -0.05) is 74.1 Å². The number of nitriles is 1. The molecule has 2 aromatic carbocycles. The zero-order valence-corrected chi connectivity index (χ0v) is 17.5. The largest absolute Gasteiger partial charge is 0.337 e. The van der Waals surface area contributed by atoms with Crippen molar-refractivity contribution in [1.82, 2.24) is 20.1 Å². The molecule has 1 aromatic heterocycles. The third-order valence-electron chi connectivity index (χ3n) is 4.80. The van der Waals surface area contributed by atoms with Gasteiger partial charge in [0.1, 0.15) is 5.54 Å². The van der Waals surface area contributed by atoms with Crippen LogP contribution in [0.5, 0.6) is 0 Å². The molecular weight excluding hydrogens is 382 g/mol. The molecule has 1 atom stereocenters. The van der Waals surface area contributed by atoms with E-state index in [4.69, 9.17) is 0 Å². The third kappa shape index (κ3) is 4.66. The van der Waals surface area contributed by atoms with Gasteiger partial charge in [0.25, 0.3) is 0 Å². The minimum atomic E-state index is -0.903. The van der Waals surface area contributed by atoms with Crippen molar-refractivity contribution in [1.29, 1.82) is 5.26 Å². The molecule has 7 heteroatoms. The number of amides is 1. The van der Waals surface area contributed by atoms with Crippen LogP contribution in [0.2, 0.25) is 0 Å². The van der Waals surface area contributed by atoms with E-state index in [9.17, 15) is 10.1 Å². The summed E-state index contributed by atoms with van der Waals surface area (Å²) in [5.74, 6) is 0.642. The fourth-order valence-electron chi connectivity index (χ4n) is 2.70. The number of carbonyl (C=O) groups excluding carboxylic acids is 1. The van der Waals surface area contributed by atoms with Crippen molar-refractivity contribution in [2.45, 2.75) is 31.5 Å². The molecule has 0 aliphatic rings. The maximum Gasteiger partial charge on any atom is 0.231 e. The second-order valence-electron chi connectivity index (χ2n) is 7.15. The van der Waals surface area contributed by atoms with Gasteiger partial charge in [-0.2, -0.15) is 5.26 Å². The molecule has 6 nitrogen and oxygen atoms in total. The number of thioether (sulfide) groups is 1. The van der Waals surface area contributed by atoms with Crippen LogP contribution in [-0.4, -0.2) is 32.0 Å². The highest BCUT2D eigenvalue weighted by Gasteiger charge is 2.30. The minimum Gasteiger partial charge on any atom is -0.337 e. The lowest BCUT2D eigenvalue weighted by Gasteiger charge is -2.27. The molecule has 29 heavy (non-hydrogen) atoms. The Labute approximate surface area is 175 Å². The van der Waals surface area contributed by atoms with Gasteiger partial charge in [0.15, 0.2) is 11.0 Å². The predicted octanol–water partition coefficient (Wildman–Crippen LogP) is 4.08. The Morgan fingerprint density at radius 2 is 1.76 bits per heavy atom. The number of rotatable bonds is 7. The monoisotopic (exact) mass is 405 g/mol. The number of nitrogens with zero attached hydrogens (tertiary/aromatic N) is 4. The zero-order valence-electron chi connectivity index (χ0n) is 16.7. The van der Waals surface area contributed by atoms with E-state index in [-0.39, 0.29) is 17.6 Å². The van der Waals surface area contributed by atoms with Crippen LogP contribution in [0, 0.1) is 17.2 Å². The molecular formula is C22H23N5OS. The van der Waals surface area contributed by atoms with E-state index in [0.29, 0.717) is 11.0 Å². The number of hydrogen-bond donors (Lipinski definition) is 1. The highest BCUT2D eigenvalue weighted by atomic mass is 32.2. The number of para-hydroxylation sites is 1. The molecule has 0 saturated heterocycles. The van der Waals surface area contributed by atoms with Gasteiger partial charge < -0.3 is 5.32 Å². The van der Waals surface area contributed by atoms with Gasteiger partial charge in [0.05, 0.1) is 11.8 Å². The molecule has 0 saturated carbocycles. The fourth-order valence-corrected chi connectivity index (χ4v) is 3.46. The van der Waals surface area contributed by atoms with E-state index in [1.165, 1.54) is 11.8 Å². The summed E-state index contributed by atoms with van der Waals surface area (Å²) in [6, 6.07) is 21.8. The molecule has 0 aliphatic heterocycles. The summed E-state index contributed by atoms with van der Waals surface area (Å²) >= 11 is 1.30. The zero-order chi connectivity index (χ0) is 20.9. The molecule has 148 valence electrons. The summed E-state index contributed by atoms with van der Waals surface area (Å²) in [6.45, 7) is 5.56. The van der Waals surface area contributed by atoms with E-state index in [1.54, 1.807) is 6.92 Å². The number of aromatic nitrogens is 3. The first kappa shape index (κ1) is 20.6. The predicted molar refractivity (Wildman–Crippen MR) is 115 cm³/mol. The van der Waals surface area contributed by atoms with Gasteiger partial charge in [-0.15, -0.1) is 10.2 Å². The molecule has 0 spiro atoms. The van der Waals surface area contributed by atoms with Crippen molar-refractivity contribution in [2.75, 3.05) is 5.75 Å². The Morgan fingerprint density at radius 3 is 2.34 bits per heavy atom. The van der Waals surface area contributed by atoms with Gasteiger partial charge >= 0.3 is 0 Å². The first-order valence-corrected chi connectivity index (χ1v) is 10.3. The van der Waals surface area contributed by atoms with Crippen molar-refractivity contribution >= 4 is 17.7 Å². The van der Waals surface area contributed by atoms with Crippen LogP contribution in [0.4, 0.5) is 0 Å². The lowest BCUT2D eigenvalue weighted by atomic mass is 9.90. The molecule has 3 aromatic rings. The smallest absolute Gasteiger partial charge is 0.231 e. The average Bonchev–Trinajstić information content (AvgIpc) is 3.17. The fraction of sp³-hybridized carbons (Fsp3) is 0.273. The van der Waals surface area contributed by atoms with E-state index in [2.05, 4.69) is 21.6 Å². The van der Waals surface area contributed by atoms with E-state index in [0.717, 1.165) is 11.3 Å². The second kappa shape index (κ2) is 8.93. The maximum absolute atomic E-state index is 12.5. The highest BCUT2D eigenvalue weighted by Crippen LogP contribution is 2.28. The van der Waals surface area contributed by atoms with E-state index in [1.807, 2.05) is 79.1 Å². The summed E-state index contributed by atoms with van der Waals surface area (Å²) in [7, 11) is 0. The Balaban J connectivity index is 1.86. The molecule has 0 radical (unpaired) electrons. The lowest BCUT2D eigenvalue weighted by Crippen LogP contribution is -2.49. The summed E-state index contributed by atoms with van der Waals surface area (Å²) in [4.78, 5) is 12.5. The van der Waals surface area contributed by atoms with Crippen molar-refractivity contribution in [3.63, 3.8) is 0 Å². The van der Waals surface area contributed by atoms with Gasteiger partial charge in [0, 0.05) is 11.3 Å². The Morgan fingerprint density at radius 1 is 1.14 bits per heavy atom. The Bertz CT molecular complexity index is 1010. The van der Waals surface area contributed by atoms with E-state index >= 15 is 0 Å². The van der Waals surface area contributed by atoms with Crippen LogP contribution in [0.1, 0.15) is 20.8 Å². The summed E-state index contributed by atoms with van der Waals surface area (Å²) in [6.07, 6.45) is 0. The van der Waals surface area contributed by atoms with Crippen molar-refractivity contribution < 1.29 is 4.79 Å². The van der Waals surface area contributed by atoms with Crippen molar-refractivity contribution in [2.24, 2.45) is 5.92 Å². The SMILES string of the molecule is CC(C)[C@@](C)(C#N)NC(=O)CSc1nnc(-c2ccccc2)n1-c1ccccc1. The van der Waals surface area contributed by atoms with Crippen molar-refractivity contribution in [3.05, 3.63) is 60.7 Å². The second-order valence-corrected chi connectivity index (χ2v) is 8.09. The molecule has 0 fully saturated rings. The van der Waals surface area contributed by atoms with Gasteiger partial charge in [-0.25, -0.2) is 0 Å². The van der Waals surface area contributed by atoms with Gasteiger partial charge in [-0.3, -0.25) is 9.36 Å². The lowest BCUT2D eigenvalue weighted by molar-refractivity contribution is -0.120. The molecule has 1 amide bonds. The first-order chi connectivity index (χ1) is 13.9. The van der Waals surface area contributed by atoms with Crippen LogP contribution in [0.25, 0.3) is 17.1 Å². The van der Waals surface area contributed by atoms with Crippen LogP contribution in [0.3, 0.4) is 0 Å². The first-order valence-electron chi connectivity index (χ1n) is 9.36. The molecule has 0 bridgehead atoms. The standard InChI is InChI=1S/C22H23N5OS/c1-16(2)22(3,15-23)24-19(28)14-29-21-26-25-20(17-10-6-4-7-11-17)27(21)18-12-8-5-9-13-18/h4-13,16H,14H2,1-3H3,(H,24,28)/t22-/m1/s1. The topological polar surface area (TPSA) is 83.6 Å². The van der Waals surface area contributed by atoms with Crippen LogP contribution in [-0.2, 0) is 4.79 Å².